The van der Waals surface area contributed by atoms with Gasteiger partial charge in [-0.3, -0.25) is 4.79 Å². The van der Waals surface area contributed by atoms with Gasteiger partial charge in [-0.15, -0.1) is 11.3 Å². The summed E-state index contributed by atoms with van der Waals surface area (Å²) in [5, 5.41) is 7.11. The van der Waals surface area contributed by atoms with Gasteiger partial charge in [-0.2, -0.15) is 0 Å². The number of thiazole rings is 1. The van der Waals surface area contributed by atoms with Gasteiger partial charge in [0.1, 0.15) is 0 Å². The standard InChI is InChI=1S/C17H19N3OS/c21-16(14-9-12-3-1-2-4-13(12)14)20-17-19-10-15(22-17)11-5-7-18-8-6-11/h1-4,10-11,14,18H,5-9H2,(H,19,20,21). The third-order valence-corrected chi connectivity index (χ3v) is 5.74. The second-order valence-electron chi connectivity index (χ2n) is 6.04. The number of hydrogen-bond donors (Lipinski definition) is 2. The zero-order valence-electron chi connectivity index (χ0n) is 12.3. The van der Waals surface area contributed by atoms with E-state index in [0.29, 0.717) is 5.92 Å². The molecule has 1 aromatic carbocycles. The Bertz CT molecular complexity index is 691. The van der Waals surface area contributed by atoms with Gasteiger partial charge in [-0.05, 0) is 49.4 Å². The second-order valence-corrected chi connectivity index (χ2v) is 7.10. The summed E-state index contributed by atoms with van der Waals surface area (Å²) in [7, 11) is 0. The summed E-state index contributed by atoms with van der Waals surface area (Å²) in [5.74, 6) is 0.654. The number of fused-ring (bicyclic) bond motifs is 1. The van der Waals surface area contributed by atoms with E-state index < -0.39 is 0 Å². The van der Waals surface area contributed by atoms with Crippen molar-refractivity contribution < 1.29 is 4.79 Å². The van der Waals surface area contributed by atoms with E-state index in [9.17, 15) is 4.79 Å². The van der Waals surface area contributed by atoms with Gasteiger partial charge < -0.3 is 10.6 Å². The van der Waals surface area contributed by atoms with E-state index in [4.69, 9.17) is 0 Å². The summed E-state index contributed by atoms with van der Waals surface area (Å²) in [5.41, 5.74) is 2.45. The Balaban J connectivity index is 1.42. The molecule has 1 fully saturated rings. The number of nitrogens with one attached hydrogen (secondary N) is 2. The summed E-state index contributed by atoms with van der Waals surface area (Å²) >= 11 is 1.63. The zero-order valence-corrected chi connectivity index (χ0v) is 13.2. The minimum atomic E-state index is -0.0116. The minimum absolute atomic E-state index is 0.0116. The number of carbonyl (C=O) groups excluding carboxylic acids is 1. The molecule has 1 saturated heterocycles. The highest BCUT2D eigenvalue weighted by Crippen LogP contribution is 2.37. The molecule has 2 N–H and O–H groups in total. The predicted octanol–water partition coefficient (Wildman–Crippen LogP) is 2.89. The first-order valence-corrected chi connectivity index (χ1v) is 8.68. The van der Waals surface area contributed by atoms with E-state index in [1.165, 1.54) is 10.4 Å². The summed E-state index contributed by atoms with van der Waals surface area (Å²) < 4.78 is 0. The smallest absolute Gasteiger partial charge is 0.234 e. The molecule has 0 bridgehead atoms. The molecule has 4 nitrogen and oxygen atoms in total. The number of anilines is 1. The van der Waals surface area contributed by atoms with Crippen LogP contribution in [0.1, 0.15) is 40.7 Å². The number of amides is 1. The van der Waals surface area contributed by atoms with Crippen molar-refractivity contribution in [3.8, 4) is 0 Å². The van der Waals surface area contributed by atoms with Crippen LogP contribution in [0.25, 0.3) is 0 Å². The maximum absolute atomic E-state index is 12.4. The Labute approximate surface area is 134 Å². The molecule has 1 unspecified atom stereocenters. The molecule has 2 aliphatic rings. The highest BCUT2D eigenvalue weighted by molar-refractivity contribution is 7.15. The fourth-order valence-electron chi connectivity index (χ4n) is 3.32. The van der Waals surface area contributed by atoms with E-state index in [1.54, 1.807) is 11.3 Å². The van der Waals surface area contributed by atoms with Crippen molar-refractivity contribution >= 4 is 22.4 Å². The van der Waals surface area contributed by atoms with Gasteiger partial charge >= 0.3 is 0 Å². The van der Waals surface area contributed by atoms with Crippen LogP contribution in [0.2, 0.25) is 0 Å². The number of aromatic nitrogens is 1. The van der Waals surface area contributed by atoms with Crippen molar-refractivity contribution in [2.75, 3.05) is 18.4 Å². The van der Waals surface area contributed by atoms with Crippen molar-refractivity contribution in [1.82, 2.24) is 10.3 Å². The van der Waals surface area contributed by atoms with Crippen LogP contribution in [0, 0.1) is 0 Å². The lowest BCUT2D eigenvalue weighted by Gasteiger charge is -2.28. The highest BCUT2D eigenvalue weighted by atomic mass is 32.1. The molecule has 1 atom stereocenters. The van der Waals surface area contributed by atoms with Crippen LogP contribution in [-0.2, 0) is 11.2 Å². The number of piperidine rings is 1. The molecule has 1 aliphatic heterocycles. The quantitative estimate of drug-likeness (QED) is 0.916. The number of carbonyl (C=O) groups is 1. The van der Waals surface area contributed by atoms with Gasteiger partial charge in [0.15, 0.2) is 5.13 Å². The van der Waals surface area contributed by atoms with Gasteiger partial charge in [0.2, 0.25) is 5.91 Å². The lowest BCUT2D eigenvalue weighted by molar-refractivity contribution is -0.118. The van der Waals surface area contributed by atoms with E-state index in [0.717, 1.165) is 43.0 Å². The topological polar surface area (TPSA) is 54.0 Å². The van der Waals surface area contributed by atoms with Crippen molar-refractivity contribution in [3.63, 3.8) is 0 Å². The third-order valence-electron chi connectivity index (χ3n) is 4.67. The Morgan fingerprint density at radius 2 is 2.09 bits per heavy atom. The van der Waals surface area contributed by atoms with Gasteiger partial charge in [-0.25, -0.2) is 4.98 Å². The Morgan fingerprint density at radius 3 is 2.91 bits per heavy atom. The van der Waals surface area contributed by atoms with Crippen LogP contribution < -0.4 is 10.6 Å². The number of benzene rings is 1. The Kier molecular flexibility index (Phi) is 3.68. The number of hydrogen-bond acceptors (Lipinski definition) is 4. The van der Waals surface area contributed by atoms with Gasteiger partial charge in [0, 0.05) is 11.1 Å². The molecule has 1 amide bonds. The first-order valence-electron chi connectivity index (χ1n) is 7.86. The third kappa shape index (κ3) is 2.55. The first kappa shape index (κ1) is 13.9. The van der Waals surface area contributed by atoms with E-state index >= 15 is 0 Å². The molecule has 22 heavy (non-hydrogen) atoms. The van der Waals surface area contributed by atoms with Crippen LogP contribution in [0.4, 0.5) is 5.13 Å². The highest BCUT2D eigenvalue weighted by Gasteiger charge is 2.32. The van der Waals surface area contributed by atoms with E-state index in [-0.39, 0.29) is 11.8 Å². The molecule has 5 heteroatoms. The summed E-state index contributed by atoms with van der Waals surface area (Å²) in [6.45, 7) is 2.15. The molecule has 4 rings (SSSR count). The molecule has 0 radical (unpaired) electrons. The van der Waals surface area contributed by atoms with Crippen molar-refractivity contribution in [3.05, 3.63) is 46.5 Å². The summed E-state index contributed by atoms with van der Waals surface area (Å²) in [6.07, 6.45) is 5.09. The fourth-order valence-corrected chi connectivity index (χ4v) is 4.31. The van der Waals surface area contributed by atoms with Gasteiger partial charge in [0.05, 0.1) is 5.92 Å². The maximum Gasteiger partial charge on any atom is 0.234 e. The maximum atomic E-state index is 12.4. The van der Waals surface area contributed by atoms with Crippen molar-refractivity contribution in [2.24, 2.45) is 0 Å². The molecule has 114 valence electrons. The van der Waals surface area contributed by atoms with Crippen molar-refractivity contribution in [1.29, 1.82) is 0 Å². The lowest BCUT2D eigenvalue weighted by atomic mass is 9.77. The average molecular weight is 313 g/mol. The van der Waals surface area contributed by atoms with E-state index in [2.05, 4.69) is 21.7 Å². The molecule has 1 aromatic heterocycles. The zero-order chi connectivity index (χ0) is 14.9. The molecular formula is C17H19N3OS. The first-order chi connectivity index (χ1) is 10.8. The number of rotatable bonds is 3. The van der Waals surface area contributed by atoms with Crippen LogP contribution in [0.3, 0.4) is 0 Å². The largest absolute Gasteiger partial charge is 0.317 e. The summed E-state index contributed by atoms with van der Waals surface area (Å²) in [4.78, 5) is 18.1. The normalized spacial score (nSPS) is 21.0. The molecule has 1 aliphatic carbocycles. The lowest BCUT2D eigenvalue weighted by Crippen LogP contribution is -2.30. The van der Waals surface area contributed by atoms with Crippen LogP contribution in [-0.4, -0.2) is 24.0 Å². The fraction of sp³-hybridized carbons (Fsp3) is 0.412. The second kappa shape index (κ2) is 5.82. The summed E-state index contributed by atoms with van der Waals surface area (Å²) in [6, 6.07) is 8.17. The van der Waals surface area contributed by atoms with Crippen LogP contribution in [0.15, 0.2) is 30.5 Å². The van der Waals surface area contributed by atoms with E-state index in [1.807, 2.05) is 24.4 Å². The van der Waals surface area contributed by atoms with Gasteiger partial charge in [0.25, 0.3) is 0 Å². The van der Waals surface area contributed by atoms with Crippen LogP contribution >= 0.6 is 11.3 Å². The van der Waals surface area contributed by atoms with Crippen molar-refractivity contribution in [2.45, 2.75) is 31.1 Å². The monoisotopic (exact) mass is 313 g/mol. The average Bonchev–Trinajstić information content (AvgIpc) is 2.98. The molecule has 2 aromatic rings. The Hall–Kier alpha value is -1.72. The number of nitrogens with zero attached hydrogens (tertiary/aromatic N) is 1. The minimum Gasteiger partial charge on any atom is -0.317 e. The molecular weight excluding hydrogens is 294 g/mol. The Morgan fingerprint density at radius 1 is 1.27 bits per heavy atom. The SMILES string of the molecule is O=C(Nc1ncc(C2CCNCC2)s1)C1Cc2ccccc21. The molecule has 2 heterocycles. The van der Waals surface area contributed by atoms with Crippen LogP contribution in [0.5, 0.6) is 0 Å². The predicted molar refractivity (Wildman–Crippen MR) is 88.5 cm³/mol. The molecule has 0 spiro atoms. The van der Waals surface area contributed by atoms with Gasteiger partial charge in [-0.1, -0.05) is 24.3 Å². The molecule has 0 saturated carbocycles.